The summed E-state index contributed by atoms with van der Waals surface area (Å²) in [7, 11) is 0. The van der Waals surface area contributed by atoms with Crippen LogP contribution < -0.4 is 5.63 Å². The molecule has 0 radical (unpaired) electrons. The molecule has 0 spiro atoms. The summed E-state index contributed by atoms with van der Waals surface area (Å²) < 4.78 is 21.4. The van der Waals surface area contributed by atoms with E-state index in [1.807, 2.05) is 25.1 Å². The highest BCUT2D eigenvalue weighted by atomic mass is 32.2. The molecule has 136 valence electrons. The van der Waals surface area contributed by atoms with E-state index in [1.54, 1.807) is 16.8 Å². The van der Waals surface area contributed by atoms with Crippen molar-refractivity contribution in [3.8, 4) is 5.69 Å². The summed E-state index contributed by atoms with van der Waals surface area (Å²) >= 11 is 8.26. The number of hydrogen-bond acceptors (Lipinski definition) is 6. The van der Waals surface area contributed by atoms with Gasteiger partial charge in [0.05, 0.1) is 5.69 Å². The van der Waals surface area contributed by atoms with Gasteiger partial charge in [0, 0.05) is 17.2 Å². The molecule has 8 heteroatoms. The fourth-order valence-corrected chi connectivity index (χ4v) is 5.01. The molecule has 0 aliphatic heterocycles. The van der Waals surface area contributed by atoms with Gasteiger partial charge in [-0.2, -0.15) is 0 Å². The summed E-state index contributed by atoms with van der Waals surface area (Å²) in [6.45, 7) is 1.95. The molecule has 0 N–H and O–H groups in total. The second-order valence-electron chi connectivity index (χ2n) is 5.90. The lowest BCUT2D eigenvalue weighted by Crippen LogP contribution is -2.00. The predicted octanol–water partition coefficient (Wildman–Crippen LogP) is 5.51. The molecule has 0 fully saturated rings. The first-order valence-corrected chi connectivity index (χ1v) is 10.2. The number of rotatable bonds is 4. The lowest BCUT2D eigenvalue weighted by molar-refractivity contribution is 0.559. The third-order valence-electron chi connectivity index (χ3n) is 3.94. The summed E-state index contributed by atoms with van der Waals surface area (Å²) in [5.74, 6) is 0.261. The molecule has 4 rings (SSSR count). The number of aryl methyl sites for hydroxylation is 1. The second kappa shape index (κ2) is 7.38. The van der Waals surface area contributed by atoms with Gasteiger partial charge in [-0.05, 0) is 60.6 Å². The van der Waals surface area contributed by atoms with E-state index >= 15 is 0 Å². The SMILES string of the molecule is Cc1ccc2c(CSc3nn(-c4ccc(F)cc4)c(=S)s3)cc(=O)oc2c1. The molecule has 0 aliphatic carbocycles. The van der Waals surface area contributed by atoms with Gasteiger partial charge < -0.3 is 4.42 Å². The van der Waals surface area contributed by atoms with Crippen LogP contribution in [0.25, 0.3) is 16.7 Å². The van der Waals surface area contributed by atoms with Crippen molar-refractivity contribution in [2.75, 3.05) is 0 Å². The fourth-order valence-electron chi connectivity index (χ4n) is 2.66. The fraction of sp³-hybridized carbons (Fsp3) is 0.105. The number of fused-ring (bicyclic) bond motifs is 1. The molecular weight excluding hydrogens is 403 g/mol. The van der Waals surface area contributed by atoms with Gasteiger partial charge in [0.15, 0.2) is 8.29 Å². The van der Waals surface area contributed by atoms with Gasteiger partial charge in [0.1, 0.15) is 11.4 Å². The zero-order valence-electron chi connectivity index (χ0n) is 14.1. The molecule has 0 amide bonds. The van der Waals surface area contributed by atoms with Crippen molar-refractivity contribution >= 4 is 46.3 Å². The summed E-state index contributed by atoms with van der Waals surface area (Å²) in [6.07, 6.45) is 0. The van der Waals surface area contributed by atoms with Crippen molar-refractivity contribution in [1.29, 1.82) is 0 Å². The standard InChI is InChI=1S/C19H13FN2O2S3/c1-11-2-7-15-12(9-17(23)24-16(15)8-11)10-26-18-21-22(19(25)27-18)14-5-3-13(20)4-6-14/h2-9H,10H2,1H3. The van der Waals surface area contributed by atoms with E-state index in [0.29, 0.717) is 21.0 Å². The Morgan fingerprint density at radius 1 is 1.22 bits per heavy atom. The van der Waals surface area contributed by atoms with Crippen LogP contribution in [-0.2, 0) is 5.75 Å². The summed E-state index contributed by atoms with van der Waals surface area (Å²) in [5.41, 5.74) is 2.86. The van der Waals surface area contributed by atoms with Gasteiger partial charge in [-0.1, -0.05) is 35.2 Å². The van der Waals surface area contributed by atoms with Gasteiger partial charge >= 0.3 is 5.63 Å². The van der Waals surface area contributed by atoms with Crippen LogP contribution >= 0.6 is 35.3 Å². The Morgan fingerprint density at radius 3 is 2.78 bits per heavy atom. The maximum absolute atomic E-state index is 13.1. The van der Waals surface area contributed by atoms with Crippen molar-refractivity contribution in [2.45, 2.75) is 17.0 Å². The molecule has 0 bridgehead atoms. The van der Waals surface area contributed by atoms with Gasteiger partial charge in [-0.15, -0.1) is 5.10 Å². The number of benzene rings is 2. The molecule has 0 atom stereocenters. The summed E-state index contributed by atoms with van der Waals surface area (Å²) in [4.78, 5) is 11.9. The van der Waals surface area contributed by atoms with E-state index in [0.717, 1.165) is 20.9 Å². The van der Waals surface area contributed by atoms with Crippen LogP contribution in [0, 0.1) is 16.7 Å². The van der Waals surface area contributed by atoms with Gasteiger partial charge in [-0.3, -0.25) is 0 Å². The zero-order valence-corrected chi connectivity index (χ0v) is 16.6. The smallest absolute Gasteiger partial charge is 0.336 e. The van der Waals surface area contributed by atoms with Gasteiger partial charge in [0.25, 0.3) is 0 Å². The molecule has 2 aromatic carbocycles. The maximum Gasteiger partial charge on any atom is 0.336 e. The first-order chi connectivity index (χ1) is 13.0. The maximum atomic E-state index is 13.1. The molecule has 0 saturated carbocycles. The molecule has 4 nitrogen and oxygen atoms in total. The van der Waals surface area contributed by atoms with E-state index < -0.39 is 0 Å². The highest BCUT2D eigenvalue weighted by Gasteiger charge is 2.10. The lowest BCUT2D eigenvalue weighted by Gasteiger charge is -2.05. The molecule has 0 unspecified atom stereocenters. The third-order valence-corrected chi connectivity index (χ3v) is 6.35. The molecule has 2 aromatic heterocycles. The summed E-state index contributed by atoms with van der Waals surface area (Å²) in [5, 5.41) is 5.42. The van der Waals surface area contributed by atoms with Crippen molar-refractivity contribution in [1.82, 2.24) is 9.78 Å². The Hall–Kier alpha value is -2.29. The Balaban J connectivity index is 1.62. The number of thioether (sulfide) groups is 1. The van der Waals surface area contributed by atoms with Crippen LogP contribution in [0.15, 0.2) is 62.1 Å². The monoisotopic (exact) mass is 416 g/mol. The molecule has 2 heterocycles. The highest BCUT2D eigenvalue weighted by Crippen LogP contribution is 2.29. The van der Waals surface area contributed by atoms with E-state index in [4.69, 9.17) is 16.6 Å². The van der Waals surface area contributed by atoms with Crippen LogP contribution in [0.1, 0.15) is 11.1 Å². The average Bonchev–Trinajstić information content (AvgIpc) is 3.00. The number of aromatic nitrogens is 2. The van der Waals surface area contributed by atoms with Crippen LogP contribution in [0.3, 0.4) is 0 Å². The zero-order chi connectivity index (χ0) is 19.0. The quantitative estimate of drug-likeness (QED) is 0.249. The van der Waals surface area contributed by atoms with Crippen molar-refractivity contribution in [2.24, 2.45) is 0 Å². The minimum absolute atomic E-state index is 0.305. The topological polar surface area (TPSA) is 48.0 Å². The minimum atomic E-state index is -0.367. The van der Waals surface area contributed by atoms with Crippen LogP contribution in [0.4, 0.5) is 4.39 Å². The van der Waals surface area contributed by atoms with E-state index in [-0.39, 0.29) is 11.4 Å². The van der Waals surface area contributed by atoms with E-state index in [9.17, 15) is 9.18 Å². The molecule has 0 aliphatic rings. The molecule has 0 saturated heterocycles. The third kappa shape index (κ3) is 3.87. The minimum Gasteiger partial charge on any atom is -0.423 e. The van der Waals surface area contributed by atoms with Crippen molar-refractivity contribution in [3.05, 3.63) is 79.8 Å². The predicted molar refractivity (Wildman–Crippen MR) is 109 cm³/mol. The summed E-state index contributed by atoms with van der Waals surface area (Å²) in [6, 6.07) is 13.3. The Bertz CT molecular complexity index is 1240. The van der Waals surface area contributed by atoms with Gasteiger partial charge in [0.2, 0.25) is 0 Å². The lowest BCUT2D eigenvalue weighted by atomic mass is 10.1. The Kier molecular flexibility index (Phi) is 4.94. The molecular formula is C19H13FN2O2S3. The van der Waals surface area contributed by atoms with Crippen LogP contribution in [-0.4, -0.2) is 9.78 Å². The normalized spacial score (nSPS) is 11.2. The van der Waals surface area contributed by atoms with E-state index in [2.05, 4.69) is 5.10 Å². The Labute approximate surface area is 167 Å². The van der Waals surface area contributed by atoms with Crippen molar-refractivity contribution in [3.63, 3.8) is 0 Å². The molecule has 27 heavy (non-hydrogen) atoms. The first kappa shape index (κ1) is 18.1. The van der Waals surface area contributed by atoms with Gasteiger partial charge in [-0.25, -0.2) is 13.9 Å². The van der Waals surface area contributed by atoms with E-state index in [1.165, 1.54) is 41.3 Å². The van der Waals surface area contributed by atoms with Crippen LogP contribution in [0.5, 0.6) is 0 Å². The van der Waals surface area contributed by atoms with Crippen molar-refractivity contribution < 1.29 is 8.81 Å². The molecule has 4 aromatic rings. The Morgan fingerprint density at radius 2 is 2.00 bits per heavy atom. The number of halogens is 1. The number of hydrogen-bond donors (Lipinski definition) is 0. The largest absolute Gasteiger partial charge is 0.423 e. The second-order valence-corrected chi connectivity index (χ2v) is 8.75. The first-order valence-electron chi connectivity index (χ1n) is 8.02. The van der Waals surface area contributed by atoms with Crippen LogP contribution in [0.2, 0.25) is 0 Å². The number of nitrogens with zero attached hydrogens (tertiary/aromatic N) is 2. The highest BCUT2D eigenvalue weighted by molar-refractivity contribution is 8.00. The average molecular weight is 417 g/mol.